The van der Waals surface area contributed by atoms with E-state index in [1.54, 1.807) is 0 Å². The molecule has 10 nitrogen and oxygen atoms in total. The molecule has 154 valence electrons. The van der Waals surface area contributed by atoms with Gasteiger partial charge >= 0.3 is 0 Å². The van der Waals surface area contributed by atoms with Crippen LogP contribution in [0.3, 0.4) is 0 Å². The van der Waals surface area contributed by atoms with Crippen LogP contribution in [0.1, 0.15) is 11.5 Å². The van der Waals surface area contributed by atoms with E-state index in [1.807, 2.05) is 0 Å². The number of aromatic hydroxyl groups is 1. The number of ether oxygens (including phenoxy) is 4. The molecule has 6 atom stereocenters. The van der Waals surface area contributed by atoms with Crippen molar-refractivity contribution in [1.29, 1.82) is 0 Å². The largest absolute Gasteiger partial charge is 0.502 e. The van der Waals surface area contributed by atoms with Gasteiger partial charge in [-0.1, -0.05) is 0 Å². The van der Waals surface area contributed by atoms with Gasteiger partial charge in [0.1, 0.15) is 24.4 Å². The van der Waals surface area contributed by atoms with Gasteiger partial charge in [0, 0.05) is 5.92 Å². The standard InChI is InChI=1S/C17H26O10/c1-24-10-3-8(4-11(25-2)13(10)20)9(5-18)7-26-17-16(23)15(22)14(21)12(6-19)27-17/h3-4,9,12,14-23H,5-7H2,1-2H3/t9-,12-,14-,15+,16-,17-/m1/s1. The van der Waals surface area contributed by atoms with Crippen molar-refractivity contribution in [3.8, 4) is 17.2 Å². The maximum Gasteiger partial charge on any atom is 0.200 e. The smallest absolute Gasteiger partial charge is 0.200 e. The van der Waals surface area contributed by atoms with Crippen LogP contribution in [0, 0.1) is 0 Å². The topological polar surface area (TPSA) is 158 Å². The molecule has 1 aromatic rings. The minimum absolute atomic E-state index is 0.129. The summed E-state index contributed by atoms with van der Waals surface area (Å²) in [5.41, 5.74) is 0.536. The summed E-state index contributed by atoms with van der Waals surface area (Å²) in [6, 6.07) is 3.02. The summed E-state index contributed by atoms with van der Waals surface area (Å²) < 4.78 is 20.9. The lowest BCUT2D eigenvalue weighted by atomic mass is 9.98. The molecule has 6 N–H and O–H groups in total. The number of hydrogen-bond acceptors (Lipinski definition) is 10. The molecule has 1 aliphatic heterocycles. The fourth-order valence-electron chi connectivity index (χ4n) is 2.82. The molecule has 0 unspecified atom stereocenters. The van der Waals surface area contributed by atoms with Gasteiger partial charge in [-0.05, 0) is 17.7 Å². The lowest BCUT2D eigenvalue weighted by Gasteiger charge is -2.40. The number of aliphatic hydroxyl groups excluding tert-OH is 5. The molecule has 0 aromatic heterocycles. The number of benzene rings is 1. The summed E-state index contributed by atoms with van der Waals surface area (Å²) in [5.74, 6) is -0.484. The lowest BCUT2D eigenvalue weighted by molar-refractivity contribution is -0.302. The van der Waals surface area contributed by atoms with E-state index in [0.717, 1.165) is 0 Å². The molecule has 1 saturated heterocycles. The Bertz CT molecular complexity index is 582. The molecule has 1 aliphatic rings. The zero-order valence-electron chi connectivity index (χ0n) is 15.1. The van der Waals surface area contributed by atoms with E-state index < -0.39 is 43.2 Å². The monoisotopic (exact) mass is 390 g/mol. The Labute approximate surface area is 156 Å². The van der Waals surface area contributed by atoms with E-state index in [2.05, 4.69) is 0 Å². The minimum atomic E-state index is -1.55. The first-order valence-corrected chi connectivity index (χ1v) is 8.35. The first kappa shape index (κ1) is 21.6. The van der Waals surface area contributed by atoms with Gasteiger partial charge < -0.3 is 49.6 Å². The normalized spacial score (nSPS) is 29.4. The SMILES string of the molecule is COc1cc([C@H](CO)CO[C@@H]2O[C@H](CO)[C@@H](O)[C@H](O)[C@H]2O)cc(OC)c1O. The molecule has 0 aliphatic carbocycles. The van der Waals surface area contributed by atoms with Gasteiger partial charge in [0.05, 0.1) is 34.0 Å². The van der Waals surface area contributed by atoms with Gasteiger partial charge in [0.25, 0.3) is 0 Å². The Hall–Kier alpha value is -1.66. The van der Waals surface area contributed by atoms with Crippen molar-refractivity contribution < 1.29 is 49.6 Å². The Morgan fingerprint density at radius 3 is 2.07 bits per heavy atom. The van der Waals surface area contributed by atoms with E-state index in [-0.39, 0.29) is 30.5 Å². The van der Waals surface area contributed by atoms with Gasteiger partial charge in [0.2, 0.25) is 5.75 Å². The molecule has 27 heavy (non-hydrogen) atoms. The van der Waals surface area contributed by atoms with Crippen LogP contribution >= 0.6 is 0 Å². The Morgan fingerprint density at radius 2 is 1.59 bits per heavy atom. The molecule has 1 aromatic carbocycles. The molecule has 1 fully saturated rings. The molecule has 2 rings (SSSR count). The third-order valence-corrected chi connectivity index (χ3v) is 4.50. The maximum absolute atomic E-state index is 10.0. The number of phenolic OH excluding ortho intramolecular Hbond substituents is 1. The quantitative estimate of drug-likeness (QED) is 0.302. The zero-order chi connectivity index (χ0) is 20.1. The highest BCUT2D eigenvalue weighted by Gasteiger charge is 2.44. The molecular formula is C17H26O10. The Morgan fingerprint density at radius 1 is 1.00 bits per heavy atom. The molecule has 0 amide bonds. The van der Waals surface area contributed by atoms with Gasteiger partial charge in [-0.15, -0.1) is 0 Å². The first-order chi connectivity index (χ1) is 12.9. The predicted molar refractivity (Wildman–Crippen MR) is 90.8 cm³/mol. The third kappa shape index (κ3) is 4.61. The predicted octanol–water partition coefficient (Wildman–Crippen LogP) is -1.70. The van der Waals surface area contributed by atoms with Crippen LogP contribution in [0.15, 0.2) is 12.1 Å². The van der Waals surface area contributed by atoms with Gasteiger partial charge in [-0.25, -0.2) is 0 Å². The van der Waals surface area contributed by atoms with E-state index >= 15 is 0 Å². The van der Waals surface area contributed by atoms with Crippen LogP contribution in [0.4, 0.5) is 0 Å². The fraction of sp³-hybridized carbons (Fsp3) is 0.647. The first-order valence-electron chi connectivity index (χ1n) is 8.35. The second kappa shape index (κ2) is 9.51. The van der Waals surface area contributed by atoms with Crippen molar-refractivity contribution in [3.63, 3.8) is 0 Å². The van der Waals surface area contributed by atoms with E-state index in [4.69, 9.17) is 18.9 Å². The highest BCUT2D eigenvalue weighted by Crippen LogP contribution is 2.39. The average Bonchev–Trinajstić information content (AvgIpc) is 2.68. The van der Waals surface area contributed by atoms with E-state index in [1.165, 1.54) is 26.4 Å². The second-order valence-corrected chi connectivity index (χ2v) is 6.18. The summed E-state index contributed by atoms with van der Waals surface area (Å²) in [7, 11) is 2.74. The minimum Gasteiger partial charge on any atom is -0.502 e. The van der Waals surface area contributed by atoms with Crippen LogP contribution in [0.2, 0.25) is 0 Å². The van der Waals surface area contributed by atoms with Crippen LogP contribution < -0.4 is 9.47 Å². The highest BCUT2D eigenvalue weighted by atomic mass is 16.7. The molecule has 0 radical (unpaired) electrons. The summed E-state index contributed by atoms with van der Waals surface area (Å²) in [6.07, 6.45) is -6.97. The van der Waals surface area contributed by atoms with Gasteiger partial charge in [-0.2, -0.15) is 0 Å². The van der Waals surface area contributed by atoms with Crippen LogP contribution in [0.5, 0.6) is 17.2 Å². The molecule has 0 saturated carbocycles. The van der Waals surface area contributed by atoms with Gasteiger partial charge in [0.15, 0.2) is 17.8 Å². The second-order valence-electron chi connectivity index (χ2n) is 6.18. The number of rotatable bonds is 8. The molecule has 10 heteroatoms. The average molecular weight is 390 g/mol. The number of hydrogen-bond donors (Lipinski definition) is 6. The zero-order valence-corrected chi connectivity index (χ0v) is 15.1. The van der Waals surface area contributed by atoms with Crippen molar-refractivity contribution in [2.24, 2.45) is 0 Å². The molecule has 0 spiro atoms. The van der Waals surface area contributed by atoms with Crippen LogP contribution in [-0.2, 0) is 9.47 Å². The maximum atomic E-state index is 10.0. The summed E-state index contributed by atoms with van der Waals surface area (Å²) in [4.78, 5) is 0. The molecule has 0 bridgehead atoms. The van der Waals surface area contributed by atoms with E-state index in [0.29, 0.717) is 5.56 Å². The number of aliphatic hydroxyl groups is 5. The molecular weight excluding hydrogens is 364 g/mol. The van der Waals surface area contributed by atoms with Gasteiger partial charge in [-0.3, -0.25) is 0 Å². The van der Waals surface area contributed by atoms with Crippen LogP contribution in [0.25, 0.3) is 0 Å². The number of methoxy groups -OCH3 is 2. The van der Waals surface area contributed by atoms with Crippen molar-refractivity contribution >= 4 is 0 Å². The fourth-order valence-corrected chi connectivity index (χ4v) is 2.82. The number of phenols is 1. The lowest BCUT2D eigenvalue weighted by Crippen LogP contribution is -2.59. The molecule has 1 heterocycles. The van der Waals surface area contributed by atoms with Crippen molar-refractivity contribution in [2.45, 2.75) is 36.6 Å². The van der Waals surface area contributed by atoms with Crippen LogP contribution in [-0.4, -0.2) is 95.4 Å². The van der Waals surface area contributed by atoms with Crippen molar-refractivity contribution in [3.05, 3.63) is 17.7 Å². The highest BCUT2D eigenvalue weighted by molar-refractivity contribution is 5.53. The third-order valence-electron chi connectivity index (χ3n) is 4.50. The summed E-state index contributed by atoms with van der Waals surface area (Å²) >= 11 is 0. The summed E-state index contributed by atoms with van der Waals surface area (Å²) in [6.45, 7) is -1.04. The van der Waals surface area contributed by atoms with Crippen molar-refractivity contribution in [2.75, 3.05) is 34.0 Å². The summed E-state index contributed by atoms with van der Waals surface area (Å²) in [5, 5.41) is 58.5. The Balaban J connectivity index is 2.13. The Kier molecular flexibility index (Phi) is 7.62. The van der Waals surface area contributed by atoms with Crippen molar-refractivity contribution in [1.82, 2.24) is 0 Å². The van der Waals surface area contributed by atoms with E-state index in [9.17, 15) is 30.6 Å².